The minimum Gasteiger partial charge on any atom is -0.259 e. The van der Waals surface area contributed by atoms with Crippen LogP contribution in [-0.2, 0) is 0 Å². The van der Waals surface area contributed by atoms with Gasteiger partial charge < -0.3 is 0 Å². The molecule has 0 aliphatic carbocycles. The Bertz CT molecular complexity index is 164. The molecule has 0 rings (SSSR count). The monoisotopic (exact) mass is 171 g/mol. The highest BCUT2D eigenvalue weighted by Crippen LogP contribution is 2.09. The van der Waals surface area contributed by atoms with Gasteiger partial charge in [-0.05, 0) is 18.9 Å². The molecule has 0 aromatic rings. The Hall–Kier alpha value is -0.860. The van der Waals surface area contributed by atoms with E-state index in [4.69, 9.17) is 0 Å². The standard InChI is InChI=1S/C9H17NO2/c1-3-5-6-8-9(7-4-2)10(11)12/h7H,3-6,8H2,1-2H3/b9-7-. The fourth-order valence-corrected chi connectivity index (χ4v) is 1.06. The lowest BCUT2D eigenvalue weighted by atomic mass is 10.1. The highest BCUT2D eigenvalue weighted by atomic mass is 16.6. The van der Waals surface area contributed by atoms with E-state index < -0.39 is 0 Å². The van der Waals surface area contributed by atoms with Crippen LogP contribution < -0.4 is 0 Å². The maximum atomic E-state index is 10.4. The van der Waals surface area contributed by atoms with Gasteiger partial charge in [0.05, 0.1) is 4.92 Å². The lowest BCUT2D eigenvalue weighted by Crippen LogP contribution is -1.98. The Morgan fingerprint density at radius 3 is 2.50 bits per heavy atom. The van der Waals surface area contributed by atoms with Gasteiger partial charge in [0.1, 0.15) is 0 Å². The molecule has 0 saturated heterocycles. The van der Waals surface area contributed by atoms with Crippen LogP contribution in [-0.4, -0.2) is 4.92 Å². The first-order valence-corrected chi connectivity index (χ1v) is 4.55. The third-order valence-corrected chi connectivity index (χ3v) is 1.71. The third-order valence-electron chi connectivity index (χ3n) is 1.71. The summed E-state index contributed by atoms with van der Waals surface area (Å²) < 4.78 is 0. The zero-order valence-corrected chi connectivity index (χ0v) is 7.88. The Kier molecular flexibility index (Phi) is 6.34. The highest BCUT2D eigenvalue weighted by molar-refractivity contribution is 4.90. The van der Waals surface area contributed by atoms with Gasteiger partial charge in [0, 0.05) is 6.42 Å². The molecule has 3 heteroatoms. The summed E-state index contributed by atoms with van der Waals surface area (Å²) in [6.07, 6.45) is 6.20. The van der Waals surface area contributed by atoms with E-state index in [9.17, 15) is 10.1 Å². The molecule has 0 spiro atoms. The van der Waals surface area contributed by atoms with E-state index in [1.165, 1.54) is 0 Å². The highest BCUT2D eigenvalue weighted by Gasteiger charge is 2.07. The molecule has 0 aromatic carbocycles. The molecule has 70 valence electrons. The summed E-state index contributed by atoms with van der Waals surface area (Å²) in [5, 5.41) is 10.4. The second kappa shape index (κ2) is 6.83. The van der Waals surface area contributed by atoms with Gasteiger partial charge in [-0.3, -0.25) is 10.1 Å². The number of hydrogen-bond acceptors (Lipinski definition) is 2. The minimum absolute atomic E-state index is 0.265. The molecule has 12 heavy (non-hydrogen) atoms. The van der Waals surface area contributed by atoms with Crippen molar-refractivity contribution in [3.8, 4) is 0 Å². The summed E-state index contributed by atoms with van der Waals surface area (Å²) in [5.74, 6) is 0. The van der Waals surface area contributed by atoms with Crippen LogP contribution in [0.1, 0.15) is 46.0 Å². The van der Waals surface area contributed by atoms with Gasteiger partial charge in [0.15, 0.2) is 0 Å². The van der Waals surface area contributed by atoms with E-state index in [1.54, 1.807) is 6.08 Å². The number of nitro groups is 1. The van der Waals surface area contributed by atoms with Gasteiger partial charge in [0.2, 0.25) is 5.70 Å². The van der Waals surface area contributed by atoms with Gasteiger partial charge >= 0.3 is 0 Å². The first-order valence-electron chi connectivity index (χ1n) is 4.55. The van der Waals surface area contributed by atoms with Gasteiger partial charge in [-0.25, -0.2) is 0 Å². The summed E-state index contributed by atoms with van der Waals surface area (Å²) in [7, 11) is 0. The number of nitrogens with zero attached hydrogens (tertiary/aromatic N) is 1. The van der Waals surface area contributed by atoms with E-state index in [1.807, 2.05) is 6.92 Å². The largest absolute Gasteiger partial charge is 0.259 e. The van der Waals surface area contributed by atoms with E-state index in [-0.39, 0.29) is 4.92 Å². The van der Waals surface area contributed by atoms with Crippen molar-refractivity contribution < 1.29 is 4.92 Å². The molecule has 0 aliphatic heterocycles. The fourth-order valence-electron chi connectivity index (χ4n) is 1.06. The summed E-state index contributed by atoms with van der Waals surface area (Å²) in [6, 6.07) is 0. The molecule has 0 aromatic heterocycles. The number of hydrogen-bond donors (Lipinski definition) is 0. The van der Waals surface area contributed by atoms with Gasteiger partial charge in [-0.15, -0.1) is 0 Å². The zero-order chi connectivity index (χ0) is 9.40. The maximum Gasteiger partial charge on any atom is 0.242 e. The quantitative estimate of drug-likeness (QED) is 0.350. The van der Waals surface area contributed by atoms with Crippen LogP contribution in [0, 0.1) is 10.1 Å². The SMILES string of the molecule is CC/C=C(/CCCCC)[N+](=O)[O-]. The van der Waals surface area contributed by atoms with E-state index in [2.05, 4.69) is 6.92 Å². The van der Waals surface area contributed by atoms with Crippen LogP contribution in [0.3, 0.4) is 0 Å². The van der Waals surface area contributed by atoms with Crippen molar-refractivity contribution in [3.63, 3.8) is 0 Å². The second-order valence-electron chi connectivity index (χ2n) is 2.82. The number of rotatable bonds is 6. The first-order chi connectivity index (χ1) is 5.72. The molecule has 0 bridgehead atoms. The van der Waals surface area contributed by atoms with Crippen molar-refractivity contribution in [1.29, 1.82) is 0 Å². The summed E-state index contributed by atoms with van der Waals surface area (Å²) in [5.41, 5.74) is 0.381. The lowest BCUT2D eigenvalue weighted by Gasteiger charge is -1.96. The van der Waals surface area contributed by atoms with E-state index >= 15 is 0 Å². The molecule has 3 nitrogen and oxygen atoms in total. The first kappa shape index (κ1) is 11.1. The maximum absolute atomic E-state index is 10.4. The van der Waals surface area contributed by atoms with Crippen LogP contribution in [0.25, 0.3) is 0 Å². The smallest absolute Gasteiger partial charge is 0.242 e. The molecule has 0 heterocycles. The average molecular weight is 171 g/mol. The van der Waals surface area contributed by atoms with Crippen molar-refractivity contribution in [2.45, 2.75) is 46.0 Å². The topological polar surface area (TPSA) is 43.1 Å². The third kappa shape index (κ3) is 4.88. The van der Waals surface area contributed by atoms with Gasteiger partial charge in [-0.2, -0.15) is 0 Å². The molecule has 0 atom stereocenters. The summed E-state index contributed by atoms with van der Waals surface area (Å²) in [6.45, 7) is 4.01. The van der Waals surface area contributed by atoms with Crippen LogP contribution in [0.4, 0.5) is 0 Å². The van der Waals surface area contributed by atoms with Crippen molar-refractivity contribution in [1.82, 2.24) is 0 Å². The second-order valence-corrected chi connectivity index (χ2v) is 2.82. The molecule has 0 radical (unpaired) electrons. The molecular weight excluding hydrogens is 154 g/mol. The average Bonchev–Trinajstić information content (AvgIpc) is 2.03. The number of allylic oxidation sites excluding steroid dienone is 2. The molecule has 0 amide bonds. The molecule has 0 saturated carbocycles. The van der Waals surface area contributed by atoms with Crippen LogP contribution >= 0.6 is 0 Å². The van der Waals surface area contributed by atoms with Gasteiger partial charge in [0.25, 0.3) is 0 Å². The molecule has 0 N–H and O–H groups in total. The van der Waals surface area contributed by atoms with Crippen LogP contribution in [0.5, 0.6) is 0 Å². The Morgan fingerprint density at radius 2 is 2.08 bits per heavy atom. The van der Waals surface area contributed by atoms with Crippen molar-refractivity contribution >= 4 is 0 Å². The normalized spacial score (nSPS) is 11.7. The van der Waals surface area contributed by atoms with Crippen LogP contribution in [0.15, 0.2) is 11.8 Å². The van der Waals surface area contributed by atoms with E-state index in [0.29, 0.717) is 12.1 Å². The summed E-state index contributed by atoms with van der Waals surface area (Å²) >= 11 is 0. The molecule has 0 aliphatic rings. The van der Waals surface area contributed by atoms with E-state index in [0.717, 1.165) is 25.7 Å². The fraction of sp³-hybridized carbons (Fsp3) is 0.778. The number of unbranched alkanes of at least 4 members (excludes halogenated alkanes) is 2. The Morgan fingerprint density at radius 1 is 1.42 bits per heavy atom. The minimum atomic E-state index is -0.265. The predicted octanol–water partition coefficient (Wildman–Crippen LogP) is 3.14. The Balaban J connectivity index is 3.81. The Labute approximate surface area is 73.6 Å². The van der Waals surface area contributed by atoms with Crippen molar-refractivity contribution in [2.24, 2.45) is 0 Å². The lowest BCUT2D eigenvalue weighted by molar-refractivity contribution is -0.428. The molecule has 0 fully saturated rings. The zero-order valence-electron chi connectivity index (χ0n) is 7.88. The van der Waals surface area contributed by atoms with Gasteiger partial charge in [-0.1, -0.05) is 26.7 Å². The molecular formula is C9H17NO2. The van der Waals surface area contributed by atoms with Crippen molar-refractivity contribution in [2.75, 3.05) is 0 Å². The summed E-state index contributed by atoms with van der Waals surface area (Å²) in [4.78, 5) is 10.2. The van der Waals surface area contributed by atoms with Crippen LogP contribution in [0.2, 0.25) is 0 Å². The van der Waals surface area contributed by atoms with Crippen molar-refractivity contribution in [3.05, 3.63) is 21.9 Å². The molecule has 0 unspecified atom stereocenters. The predicted molar refractivity (Wildman–Crippen MR) is 49.5 cm³/mol.